The lowest BCUT2D eigenvalue weighted by atomic mass is 9.83. The predicted molar refractivity (Wildman–Crippen MR) is 267 cm³/mol. The van der Waals surface area contributed by atoms with E-state index in [0.29, 0.717) is 72.0 Å². The maximum Gasteiger partial charge on any atom is 0.226 e. The number of amides is 3. The monoisotopic (exact) mass is 970 g/mol. The number of likely N-dealkylation sites (N-methyl/N-ethyl adjacent to an activating group) is 2. The summed E-state index contributed by atoms with van der Waals surface area (Å²) in [5, 5.41) is 0.980. The van der Waals surface area contributed by atoms with Crippen molar-refractivity contribution in [3.05, 3.63) is 36.0 Å². The number of Topliss-reactive ketones (excluding diaryl/α,β-unsaturated/α-hetero) is 3. The molecule has 1 aliphatic heterocycles. The molecule has 1 aromatic heterocycles. The van der Waals surface area contributed by atoms with Crippen molar-refractivity contribution < 1.29 is 52.5 Å². The molecule has 1 aliphatic rings. The molecule has 1 aromatic carbocycles. The zero-order chi connectivity index (χ0) is 51.4. The molecule has 1 fully saturated rings. The number of nitrogens with one attached hydrogen (secondary N) is 1. The van der Waals surface area contributed by atoms with Gasteiger partial charge in [-0.15, -0.1) is 0 Å². The summed E-state index contributed by atoms with van der Waals surface area (Å²) in [6.07, 6.45) is 3.40. The molecule has 3 N–H and O–H groups in total. The van der Waals surface area contributed by atoms with Crippen molar-refractivity contribution in [3.63, 3.8) is 0 Å². The Hall–Kier alpha value is -4.06. The van der Waals surface area contributed by atoms with Gasteiger partial charge in [-0.25, -0.2) is 0 Å². The Bertz CT molecular complexity index is 1920. The highest BCUT2D eigenvalue weighted by atomic mass is 16.5. The van der Waals surface area contributed by atoms with Crippen LogP contribution in [0.1, 0.15) is 106 Å². The maximum atomic E-state index is 14.7. The van der Waals surface area contributed by atoms with E-state index in [1.165, 1.54) is 6.92 Å². The minimum Gasteiger partial charge on any atom is -0.379 e. The van der Waals surface area contributed by atoms with Crippen LogP contribution in [-0.4, -0.2) is 166 Å². The highest BCUT2D eigenvalue weighted by molar-refractivity contribution is 5.91. The zero-order valence-electron chi connectivity index (χ0n) is 44.0. The second-order valence-corrected chi connectivity index (χ2v) is 19.9. The van der Waals surface area contributed by atoms with E-state index < -0.39 is 48.0 Å². The summed E-state index contributed by atoms with van der Waals surface area (Å²) in [7, 11) is 6.78. The van der Waals surface area contributed by atoms with Gasteiger partial charge >= 0.3 is 0 Å². The number of carbonyl (C=O) groups excluding carboxylic acids is 6. The minimum absolute atomic E-state index is 0.00306. The first-order chi connectivity index (χ1) is 32.8. The number of ketones is 3. The number of carbonyl (C=O) groups is 6. The van der Waals surface area contributed by atoms with Gasteiger partial charge in [0.05, 0.1) is 76.4 Å². The van der Waals surface area contributed by atoms with Crippen LogP contribution < -0.4 is 5.73 Å². The molecule has 3 amide bonds. The molecule has 3 rings (SSSR count). The van der Waals surface area contributed by atoms with Gasteiger partial charge in [0.1, 0.15) is 11.6 Å². The second-order valence-electron chi connectivity index (χ2n) is 19.9. The highest BCUT2D eigenvalue weighted by Gasteiger charge is 2.43. The van der Waals surface area contributed by atoms with Crippen LogP contribution >= 0.6 is 0 Å². The van der Waals surface area contributed by atoms with Crippen LogP contribution in [0.4, 0.5) is 0 Å². The number of nitrogens with zero attached hydrogens (tertiary/aromatic N) is 3. The van der Waals surface area contributed by atoms with Gasteiger partial charge in [0.15, 0.2) is 5.78 Å². The molecule has 16 nitrogen and oxygen atoms in total. The van der Waals surface area contributed by atoms with Crippen LogP contribution in [0.5, 0.6) is 0 Å². The summed E-state index contributed by atoms with van der Waals surface area (Å²) in [5.74, 6) is -3.09. The largest absolute Gasteiger partial charge is 0.379 e. The fourth-order valence-electron chi connectivity index (χ4n) is 10.0. The number of rotatable bonds is 35. The Morgan fingerprint density at radius 3 is 2.04 bits per heavy atom. The van der Waals surface area contributed by atoms with Crippen molar-refractivity contribution in [2.24, 2.45) is 41.2 Å². The summed E-state index contributed by atoms with van der Waals surface area (Å²) >= 11 is 0. The topological polar surface area (TPSA) is 200 Å². The number of aromatic amines is 1. The summed E-state index contributed by atoms with van der Waals surface area (Å²) in [4.78, 5) is 89.7. The average Bonchev–Trinajstić information content (AvgIpc) is 3.96. The molecular formula is C53H87N5O11. The first-order valence-corrected chi connectivity index (χ1v) is 25.2. The molecule has 9 atom stereocenters. The Labute approximate surface area is 412 Å². The summed E-state index contributed by atoms with van der Waals surface area (Å²) in [6.45, 7) is 18.8. The van der Waals surface area contributed by atoms with E-state index in [1.807, 2.05) is 77.0 Å². The Morgan fingerprint density at radius 1 is 0.826 bits per heavy atom. The Morgan fingerprint density at radius 2 is 1.46 bits per heavy atom. The second kappa shape index (κ2) is 30.0. The smallest absolute Gasteiger partial charge is 0.226 e. The minimum atomic E-state index is -0.713. The van der Waals surface area contributed by atoms with Gasteiger partial charge in [0.2, 0.25) is 17.7 Å². The van der Waals surface area contributed by atoms with Crippen LogP contribution in [0.2, 0.25) is 0 Å². The van der Waals surface area contributed by atoms with Gasteiger partial charge in [0.25, 0.3) is 0 Å². The number of nitrogens with two attached hydrogens (primary N) is 1. The van der Waals surface area contributed by atoms with E-state index in [4.69, 9.17) is 29.4 Å². The number of hydrogen-bond donors (Lipinski definition) is 2. The summed E-state index contributed by atoms with van der Waals surface area (Å²) in [5.41, 5.74) is 7.73. The molecule has 69 heavy (non-hydrogen) atoms. The van der Waals surface area contributed by atoms with Crippen LogP contribution in [0, 0.1) is 35.5 Å². The third-order valence-electron chi connectivity index (χ3n) is 14.3. The lowest BCUT2D eigenvalue weighted by Crippen LogP contribution is -2.54. The van der Waals surface area contributed by atoms with Crippen molar-refractivity contribution >= 4 is 46.0 Å². The lowest BCUT2D eigenvalue weighted by molar-refractivity contribution is -0.149. The fourth-order valence-corrected chi connectivity index (χ4v) is 10.0. The van der Waals surface area contributed by atoms with Crippen molar-refractivity contribution in [3.8, 4) is 0 Å². The average molecular weight is 970 g/mol. The molecule has 1 saturated heterocycles. The number of likely N-dealkylation sites (tertiary alicyclic amines) is 1. The molecule has 0 saturated carbocycles. The molecule has 0 radical (unpaired) electrons. The molecule has 390 valence electrons. The van der Waals surface area contributed by atoms with Crippen molar-refractivity contribution in [2.75, 3.05) is 81.0 Å². The van der Waals surface area contributed by atoms with E-state index in [2.05, 4.69) is 11.9 Å². The zero-order valence-corrected chi connectivity index (χ0v) is 44.0. The summed E-state index contributed by atoms with van der Waals surface area (Å²) < 4.78 is 28.9. The first kappa shape index (κ1) is 59.2. The van der Waals surface area contributed by atoms with Crippen LogP contribution in [0.3, 0.4) is 0 Å². The molecule has 0 aliphatic carbocycles. The number of fused-ring (bicyclic) bond motifs is 1. The third-order valence-corrected chi connectivity index (χ3v) is 14.3. The van der Waals surface area contributed by atoms with Gasteiger partial charge in [-0.3, -0.25) is 33.7 Å². The molecule has 0 bridgehead atoms. The predicted octanol–water partition coefficient (Wildman–Crippen LogP) is 5.91. The standard InChI is InChI=1S/C53H87N5O11/c1-13-36(6)50(57(10)53(64)42(34(2)3)31-46(61)49(35(4)5)56(9)22-24-68-26-28-69-27-25-67-23-20-37(7)59)47(65-11)32-48(62)58-21-16-19-44(58)51(66-12)38(8)45(60)30-39(52(54)63)29-40-33-55-43-18-15-14-17-41(40)43/h14-15,17-18,33-36,38-39,42,44,47,49-51,55H,13,16,19-32H2,1-12H3,(H2,54,63)/t36-,38-,39+,42-,44-,47+,49-,50-,51+/m0/s1. The number of aromatic nitrogens is 1. The van der Waals surface area contributed by atoms with E-state index in [-0.39, 0.29) is 72.2 Å². The number of methoxy groups -OCH3 is 2. The van der Waals surface area contributed by atoms with E-state index in [9.17, 15) is 28.8 Å². The first-order valence-electron chi connectivity index (χ1n) is 25.2. The van der Waals surface area contributed by atoms with Gasteiger partial charge in [-0.2, -0.15) is 0 Å². The molecule has 0 unspecified atom stereocenters. The lowest BCUT2D eigenvalue weighted by Gasteiger charge is -2.41. The normalized spacial score (nSPS) is 17.7. The van der Waals surface area contributed by atoms with Gasteiger partial charge < -0.3 is 44.2 Å². The van der Waals surface area contributed by atoms with Gasteiger partial charge in [-0.1, -0.05) is 73.1 Å². The van der Waals surface area contributed by atoms with Gasteiger partial charge in [-0.05, 0) is 62.6 Å². The number of hydrogen-bond acceptors (Lipinski definition) is 12. The third kappa shape index (κ3) is 17.6. The quantitative estimate of drug-likeness (QED) is 0.0776. The number of H-pyrrole nitrogens is 1. The molecule has 16 heteroatoms. The van der Waals surface area contributed by atoms with E-state index in [1.54, 1.807) is 38.0 Å². The van der Waals surface area contributed by atoms with Crippen LogP contribution in [-0.2, 0) is 58.9 Å². The summed E-state index contributed by atoms with van der Waals surface area (Å²) in [6, 6.07) is 6.51. The Balaban J connectivity index is 1.66. The number of benzene rings is 1. The fraction of sp³-hybridized carbons (Fsp3) is 0.736. The SMILES string of the molecule is CC[C@H](C)[C@@H]([C@@H](CC(=O)N1CCC[C@H]1[C@H](OC)[C@@H](C)C(=O)C[C@@H](Cc1c[nH]c2ccccc12)C(N)=O)OC)N(C)C(=O)[C@@H](CC(=O)[C@H](C(C)C)N(C)CCOCCOCCOCCC(C)=O)C(C)C. The Kier molecular flexibility index (Phi) is 25.7. The molecule has 2 heterocycles. The molecule has 0 spiro atoms. The maximum absolute atomic E-state index is 14.7. The number of primary amides is 1. The van der Waals surface area contributed by atoms with Gasteiger partial charge in [0, 0.05) is 88.5 Å². The van der Waals surface area contributed by atoms with Crippen LogP contribution in [0.15, 0.2) is 30.5 Å². The molecule has 2 aromatic rings. The number of ether oxygens (including phenoxy) is 5. The van der Waals surface area contributed by atoms with Crippen LogP contribution in [0.25, 0.3) is 10.9 Å². The molecular weight excluding hydrogens is 883 g/mol. The van der Waals surface area contributed by atoms with E-state index >= 15 is 0 Å². The van der Waals surface area contributed by atoms with Crippen molar-refractivity contribution in [2.45, 2.75) is 137 Å². The van der Waals surface area contributed by atoms with Crippen molar-refractivity contribution in [1.82, 2.24) is 19.7 Å². The van der Waals surface area contributed by atoms with E-state index in [0.717, 1.165) is 29.3 Å². The van der Waals surface area contributed by atoms with Crippen molar-refractivity contribution in [1.29, 1.82) is 0 Å². The highest BCUT2D eigenvalue weighted by Crippen LogP contribution is 2.32. The number of para-hydroxylation sites is 1.